The van der Waals surface area contributed by atoms with Crippen molar-refractivity contribution in [1.82, 2.24) is 0 Å². The van der Waals surface area contributed by atoms with Crippen LogP contribution in [0.5, 0.6) is 11.5 Å². The Labute approximate surface area is 143 Å². The number of benzene rings is 2. The fraction of sp³-hybridized carbons (Fsp3) is 0.200. The lowest BCUT2D eigenvalue weighted by Gasteiger charge is -2.06. The molecule has 0 radical (unpaired) electrons. The van der Waals surface area contributed by atoms with Crippen LogP contribution in [0.25, 0.3) is 0 Å². The zero-order chi connectivity index (χ0) is 17.4. The average molecular weight is 322 g/mol. The van der Waals surface area contributed by atoms with Crippen molar-refractivity contribution in [3.05, 3.63) is 72.8 Å². The van der Waals surface area contributed by atoms with E-state index in [0.29, 0.717) is 13.2 Å². The van der Waals surface area contributed by atoms with Crippen LogP contribution in [-0.2, 0) is 0 Å². The summed E-state index contributed by atoms with van der Waals surface area (Å²) < 4.78 is 11.2. The Bertz CT molecular complexity index is 687. The molecule has 2 aromatic rings. The van der Waals surface area contributed by atoms with Crippen LogP contribution >= 0.6 is 0 Å². The summed E-state index contributed by atoms with van der Waals surface area (Å²) in [7, 11) is 0. The summed E-state index contributed by atoms with van der Waals surface area (Å²) in [6.07, 6.45) is 0. The van der Waals surface area contributed by atoms with Crippen molar-refractivity contribution in [1.29, 1.82) is 0 Å². The van der Waals surface area contributed by atoms with Crippen LogP contribution in [-0.4, -0.2) is 13.2 Å². The Morgan fingerprint density at radius 2 is 1.21 bits per heavy atom. The molecule has 0 bridgehead atoms. The normalized spacial score (nSPS) is 10.6. The van der Waals surface area contributed by atoms with E-state index in [0.717, 1.165) is 34.0 Å². The summed E-state index contributed by atoms with van der Waals surface area (Å²) in [6, 6.07) is 15.0. The van der Waals surface area contributed by atoms with Crippen molar-refractivity contribution < 1.29 is 9.47 Å². The molecular weight excluding hydrogens is 300 g/mol. The number of ether oxygens (including phenoxy) is 2. The molecule has 0 unspecified atom stereocenters. The van der Waals surface area contributed by atoms with Gasteiger partial charge in [0.25, 0.3) is 0 Å². The third-order valence-corrected chi connectivity index (χ3v) is 2.89. The van der Waals surface area contributed by atoms with E-state index in [1.54, 1.807) is 0 Å². The van der Waals surface area contributed by atoms with Crippen molar-refractivity contribution in [2.24, 2.45) is 10.2 Å². The van der Waals surface area contributed by atoms with Gasteiger partial charge in [-0.15, -0.1) is 0 Å². The summed E-state index contributed by atoms with van der Waals surface area (Å²) in [5.41, 5.74) is 3.38. The monoisotopic (exact) mass is 322 g/mol. The van der Waals surface area contributed by atoms with E-state index in [9.17, 15) is 0 Å². The third kappa shape index (κ3) is 6.08. The molecule has 0 aliphatic heterocycles. The highest BCUT2D eigenvalue weighted by atomic mass is 16.5. The molecule has 2 rings (SSSR count). The second kappa shape index (κ2) is 8.67. The molecule has 0 aromatic heterocycles. The number of hydrogen-bond acceptors (Lipinski definition) is 4. The van der Waals surface area contributed by atoms with Crippen LogP contribution < -0.4 is 9.47 Å². The summed E-state index contributed by atoms with van der Waals surface area (Å²) in [5, 5.41) is 8.50. The Kier molecular flexibility index (Phi) is 6.32. The molecule has 0 N–H and O–H groups in total. The lowest BCUT2D eigenvalue weighted by molar-refractivity contribution is 0.352. The Morgan fingerprint density at radius 1 is 0.792 bits per heavy atom. The van der Waals surface area contributed by atoms with E-state index in [4.69, 9.17) is 9.47 Å². The predicted molar refractivity (Wildman–Crippen MR) is 97.7 cm³/mol. The molecule has 0 atom stereocenters. The predicted octanol–water partition coefficient (Wildman–Crippen LogP) is 6.01. The van der Waals surface area contributed by atoms with E-state index >= 15 is 0 Å². The molecule has 0 aliphatic rings. The Morgan fingerprint density at radius 3 is 1.58 bits per heavy atom. The molecule has 0 spiro atoms. The summed E-state index contributed by atoms with van der Waals surface area (Å²) >= 11 is 0. The number of rotatable bonds is 8. The first kappa shape index (κ1) is 17.5. The number of hydrogen-bond donors (Lipinski definition) is 0. The molecule has 0 fully saturated rings. The van der Waals surface area contributed by atoms with Crippen LogP contribution in [0.4, 0.5) is 11.4 Å². The lowest BCUT2D eigenvalue weighted by atomic mass is 10.3. The van der Waals surface area contributed by atoms with Gasteiger partial charge in [0.1, 0.15) is 24.7 Å². The van der Waals surface area contributed by atoms with Crippen LogP contribution in [0.3, 0.4) is 0 Å². The largest absolute Gasteiger partial charge is 0.489 e. The van der Waals surface area contributed by atoms with Crippen LogP contribution in [0.15, 0.2) is 83.1 Å². The van der Waals surface area contributed by atoms with Crippen molar-refractivity contribution in [3.63, 3.8) is 0 Å². The van der Waals surface area contributed by atoms with Crippen molar-refractivity contribution >= 4 is 11.4 Å². The highest BCUT2D eigenvalue weighted by Crippen LogP contribution is 2.25. The minimum absolute atomic E-state index is 0.489. The van der Waals surface area contributed by atoms with Gasteiger partial charge < -0.3 is 9.47 Å². The quantitative estimate of drug-likeness (QED) is 0.441. The van der Waals surface area contributed by atoms with Crippen LogP contribution in [0.1, 0.15) is 13.8 Å². The lowest BCUT2D eigenvalue weighted by Crippen LogP contribution is -1.96. The van der Waals surface area contributed by atoms with Gasteiger partial charge in [0.2, 0.25) is 0 Å². The molecule has 0 saturated heterocycles. The summed E-state index contributed by atoms with van der Waals surface area (Å²) in [6.45, 7) is 12.5. The van der Waals surface area contributed by atoms with E-state index < -0.39 is 0 Å². The highest BCUT2D eigenvalue weighted by molar-refractivity contribution is 5.46. The highest BCUT2D eigenvalue weighted by Gasteiger charge is 1.99. The number of azo groups is 1. The third-order valence-electron chi connectivity index (χ3n) is 2.89. The van der Waals surface area contributed by atoms with Gasteiger partial charge in [-0.05, 0) is 49.3 Å². The van der Waals surface area contributed by atoms with Gasteiger partial charge in [0.15, 0.2) is 0 Å². The maximum atomic E-state index is 5.60. The van der Waals surface area contributed by atoms with Gasteiger partial charge in [-0.2, -0.15) is 10.2 Å². The fourth-order valence-electron chi connectivity index (χ4n) is 1.80. The smallest absolute Gasteiger partial charge is 0.122 e. The van der Waals surface area contributed by atoms with E-state index in [2.05, 4.69) is 23.4 Å². The first-order valence-corrected chi connectivity index (χ1v) is 7.69. The Hall–Kier alpha value is -2.88. The van der Waals surface area contributed by atoms with Crippen LogP contribution in [0, 0.1) is 0 Å². The minimum atomic E-state index is 0.489. The topological polar surface area (TPSA) is 43.2 Å². The Balaban J connectivity index is 2.04. The van der Waals surface area contributed by atoms with E-state index in [1.165, 1.54) is 0 Å². The summed E-state index contributed by atoms with van der Waals surface area (Å²) in [5.74, 6) is 1.49. The molecule has 0 heterocycles. The molecule has 0 aliphatic carbocycles. The van der Waals surface area contributed by atoms with Crippen molar-refractivity contribution in [3.8, 4) is 11.5 Å². The second-order valence-corrected chi connectivity index (χ2v) is 5.69. The van der Waals surface area contributed by atoms with Gasteiger partial charge in [-0.3, -0.25) is 0 Å². The van der Waals surface area contributed by atoms with Crippen molar-refractivity contribution in [2.45, 2.75) is 13.8 Å². The van der Waals surface area contributed by atoms with Gasteiger partial charge in [-0.25, -0.2) is 0 Å². The van der Waals surface area contributed by atoms with E-state index in [1.807, 2.05) is 62.4 Å². The van der Waals surface area contributed by atoms with Crippen molar-refractivity contribution in [2.75, 3.05) is 13.2 Å². The molecule has 2 aromatic carbocycles. The standard InChI is InChI=1S/C20H22N2O2/c1-15(2)13-23-19-9-5-7-17(11-19)21-22-18-8-6-10-20(12-18)24-14-16(3)4/h5-12H,1,3,13-14H2,2,4H3. The molecular formula is C20H22N2O2. The maximum absolute atomic E-state index is 5.60. The molecule has 0 amide bonds. The van der Waals surface area contributed by atoms with Crippen LogP contribution in [0.2, 0.25) is 0 Å². The SMILES string of the molecule is C=C(C)COc1cccc(N=Nc2cccc(OCC(=C)C)c2)c1. The molecule has 24 heavy (non-hydrogen) atoms. The molecule has 4 heteroatoms. The number of nitrogens with zero attached hydrogens (tertiary/aromatic N) is 2. The van der Waals surface area contributed by atoms with Gasteiger partial charge in [0, 0.05) is 12.1 Å². The molecule has 0 saturated carbocycles. The first-order valence-electron chi connectivity index (χ1n) is 7.69. The molecule has 124 valence electrons. The summed E-state index contributed by atoms with van der Waals surface area (Å²) in [4.78, 5) is 0. The second-order valence-electron chi connectivity index (χ2n) is 5.69. The van der Waals surface area contributed by atoms with E-state index in [-0.39, 0.29) is 0 Å². The van der Waals surface area contributed by atoms with Gasteiger partial charge >= 0.3 is 0 Å². The fourth-order valence-corrected chi connectivity index (χ4v) is 1.80. The zero-order valence-electron chi connectivity index (χ0n) is 14.2. The van der Waals surface area contributed by atoms with Gasteiger partial charge in [0.05, 0.1) is 11.4 Å². The van der Waals surface area contributed by atoms with Gasteiger partial charge in [-0.1, -0.05) is 25.3 Å². The maximum Gasteiger partial charge on any atom is 0.122 e. The average Bonchev–Trinajstić information content (AvgIpc) is 2.57. The minimum Gasteiger partial charge on any atom is -0.489 e. The zero-order valence-corrected chi connectivity index (χ0v) is 14.2. The first-order chi connectivity index (χ1) is 11.5. The molecule has 4 nitrogen and oxygen atoms in total.